The maximum Gasteiger partial charge on any atom is 0.256 e. The van der Waals surface area contributed by atoms with E-state index in [-0.39, 0.29) is 16.6 Å². The van der Waals surface area contributed by atoms with Gasteiger partial charge in [-0.05, 0) is 18.2 Å². The zero-order valence-electron chi connectivity index (χ0n) is 10.3. The molecule has 2 aromatic rings. The third kappa shape index (κ3) is 3.03. The molecule has 0 atom stereocenters. The van der Waals surface area contributed by atoms with Crippen LogP contribution in [0.15, 0.2) is 30.3 Å². The minimum atomic E-state index is -0.870. The second-order valence-electron chi connectivity index (χ2n) is 3.77. The molecule has 0 spiro atoms. The lowest BCUT2D eigenvalue weighted by molar-refractivity contribution is 0.102. The quantitative estimate of drug-likeness (QED) is 0.885. The summed E-state index contributed by atoms with van der Waals surface area (Å²) >= 11 is 5.72. The summed E-state index contributed by atoms with van der Waals surface area (Å²) in [7, 11) is 1.36. The highest BCUT2D eigenvalue weighted by atomic mass is 35.5. The fourth-order valence-electron chi connectivity index (χ4n) is 1.51. The number of aromatic nitrogens is 1. The minimum absolute atomic E-state index is 0.0310. The van der Waals surface area contributed by atoms with E-state index in [9.17, 15) is 13.6 Å². The number of hydrogen-bond donors (Lipinski definition) is 1. The highest BCUT2D eigenvalue weighted by Gasteiger charge is 2.15. The first-order valence-electron chi connectivity index (χ1n) is 5.48. The minimum Gasteiger partial charge on any atom is -0.481 e. The van der Waals surface area contributed by atoms with Crippen LogP contribution in [0.5, 0.6) is 5.88 Å². The van der Waals surface area contributed by atoms with Gasteiger partial charge in [0.1, 0.15) is 22.5 Å². The van der Waals surface area contributed by atoms with Gasteiger partial charge in [0.15, 0.2) is 0 Å². The molecule has 0 aliphatic carbocycles. The molecule has 1 aromatic heterocycles. The highest BCUT2D eigenvalue weighted by molar-refractivity contribution is 6.30. The van der Waals surface area contributed by atoms with E-state index in [1.54, 1.807) is 0 Å². The summed E-state index contributed by atoms with van der Waals surface area (Å²) in [5, 5.41) is 2.17. The number of pyridine rings is 1. The van der Waals surface area contributed by atoms with Crippen molar-refractivity contribution < 1.29 is 18.3 Å². The first-order chi connectivity index (χ1) is 9.51. The van der Waals surface area contributed by atoms with Gasteiger partial charge >= 0.3 is 0 Å². The van der Waals surface area contributed by atoms with Crippen LogP contribution < -0.4 is 10.1 Å². The van der Waals surface area contributed by atoms with Crippen molar-refractivity contribution in [2.24, 2.45) is 0 Å². The van der Waals surface area contributed by atoms with E-state index >= 15 is 0 Å². The van der Waals surface area contributed by atoms with Gasteiger partial charge in [0.05, 0.1) is 7.11 Å². The van der Waals surface area contributed by atoms with Crippen molar-refractivity contribution in [1.82, 2.24) is 4.98 Å². The van der Waals surface area contributed by atoms with Gasteiger partial charge in [-0.2, -0.15) is 0 Å². The fourth-order valence-corrected chi connectivity index (χ4v) is 1.71. The molecule has 0 bridgehead atoms. The molecule has 1 N–H and O–H groups in total. The molecule has 1 amide bonds. The number of hydrogen-bond acceptors (Lipinski definition) is 3. The van der Waals surface area contributed by atoms with E-state index < -0.39 is 23.2 Å². The van der Waals surface area contributed by atoms with Crippen LogP contribution in [0, 0.1) is 11.6 Å². The standard InChI is InChI=1S/C13H9ClF2N2O2/c1-20-11-6-7(5-10(14)17-11)13(19)18-12-8(15)3-2-4-9(12)16/h2-6H,1H3,(H,18,19). The Balaban J connectivity index is 2.31. The number of anilines is 1. The summed E-state index contributed by atoms with van der Waals surface area (Å²) in [5.41, 5.74) is -0.450. The lowest BCUT2D eigenvalue weighted by Crippen LogP contribution is -2.14. The predicted octanol–water partition coefficient (Wildman–Crippen LogP) is 3.27. The molecule has 1 heterocycles. The molecule has 4 nitrogen and oxygen atoms in total. The number of nitrogens with zero attached hydrogens (tertiary/aromatic N) is 1. The van der Waals surface area contributed by atoms with Crippen LogP contribution in [0.3, 0.4) is 0 Å². The number of rotatable bonds is 3. The zero-order valence-corrected chi connectivity index (χ0v) is 11.0. The number of carbonyl (C=O) groups is 1. The molecular formula is C13H9ClF2N2O2. The van der Waals surface area contributed by atoms with Crippen LogP contribution >= 0.6 is 11.6 Å². The first-order valence-corrected chi connectivity index (χ1v) is 5.86. The van der Waals surface area contributed by atoms with Gasteiger partial charge in [-0.15, -0.1) is 0 Å². The lowest BCUT2D eigenvalue weighted by atomic mass is 10.2. The second-order valence-corrected chi connectivity index (χ2v) is 4.16. The first kappa shape index (κ1) is 14.2. The summed E-state index contributed by atoms with van der Waals surface area (Å²) in [6.45, 7) is 0. The summed E-state index contributed by atoms with van der Waals surface area (Å²) in [6, 6.07) is 5.85. The Kier molecular flexibility index (Phi) is 4.14. The Bertz CT molecular complexity index is 645. The third-order valence-corrected chi connectivity index (χ3v) is 2.64. The number of amides is 1. The molecule has 0 fully saturated rings. The summed E-state index contributed by atoms with van der Waals surface area (Å²) in [5.74, 6) is -2.34. The SMILES string of the molecule is COc1cc(C(=O)Nc2c(F)cccc2F)cc(Cl)n1. The van der Waals surface area contributed by atoms with Gasteiger partial charge in [0, 0.05) is 11.6 Å². The monoisotopic (exact) mass is 298 g/mol. The maximum absolute atomic E-state index is 13.4. The average molecular weight is 299 g/mol. The van der Waals surface area contributed by atoms with Crippen LogP contribution in [-0.2, 0) is 0 Å². The summed E-state index contributed by atoms with van der Waals surface area (Å²) < 4.78 is 31.7. The van der Waals surface area contributed by atoms with E-state index in [1.165, 1.54) is 25.3 Å². The number of methoxy groups -OCH3 is 1. The van der Waals surface area contributed by atoms with Crippen LogP contribution in [0.4, 0.5) is 14.5 Å². The van der Waals surface area contributed by atoms with Gasteiger partial charge in [-0.25, -0.2) is 13.8 Å². The molecule has 0 radical (unpaired) electrons. The van der Waals surface area contributed by atoms with Crippen LogP contribution in [0.1, 0.15) is 10.4 Å². The zero-order chi connectivity index (χ0) is 14.7. The molecule has 0 aliphatic rings. The molecule has 7 heteroatoms. The number of para-hydroxylation sites is 1. The lowest BCUT2D eigenvalue weighted by Gasteiger charge is -2.08. The average Bonchev–Trinajstić information content (AvgIpc) is 2.42. The number of nitrogens with one attached hydrogen (secondary N) is 1. The Morgan fingerprint density at radius 2 is 1.95 bits per heavy atom. The molecule has 2 rings (SSSR count). The number of benzene rings is 1. The highest BCUT2D eigenvalue weighted by Crippen LogP contribution is 2.21. The van der Waals surface area contributed by atoms with Gasteiger partial charge < -0.3 is 10.1 Å². The van der Waals surface area contributed by atoms with Crippen molar-refractivity contribution in [3.8, 4) is 5.88 Å². The predicted molar refractivity (Wildman–Crippen MR) is 70.1 cm³/mol. The molecule has 0 saturated carbocycles. The molecular weight excluding hydrogens is 290 g/mol. The summed E-state index contributed by atoms with van der Waals surface area (Å²) in [6.07, 6.45) is 0. The van der Waals surface area contributed by atoms with Crippen molar-refractivity contribution >= 4 is 23.2 Å². The molecule has 0 unspecified atom stereocenters. The molecule has 0 aliphatic heterocycles. The largest absolute Gasteiger partial charge is 0.481 e. The number of ether oxygens (including phenoxy) is 1. The van der Waals surface area contributed by atoms with E-state index in [0.717, 1.165) is 12.1 Å². The molecule has 1 aromatic carbocycles. The van der Waals surface area contributed by atoms with Gasteiger partial charge in [-0.3, -0.25) is 4.79 Å². The summed E-state index contributed by atoms with van der Waals surface area (Å²) in [4.78, 5) is 15.7. The molecule has 104 valence electrons. The van der Waals surface area contributed by atoms with Crippen molar-refractivity contribution in [1.29, 1.82) is 0 Å². The smallest absolute Gasteiger partial charge is 0.256 e. The maximum atomic E-state index is 13.4. The van der Waals surface area contributed by atoms with E-state index in [2.05, 4.69) is 10.3 Å². The number of halogens is 3. The molecule has 0 saturated heterocycles. The Morgan fingerprint density at radius 3 is 2.55 bits per heavy atom. The van der Waals surface area contributed by atoms with Crippen molar-refractivity contribution in [2.45, 2.75) is 0 Å². The Hall–Kier alpha value is -2.21. The van der Waals surface area contributed by atoms with Gasteiger partial charge in [0.2, 0.25) is 5.88 Å². The fraction of sp³-hybridized carbons (Fsp3) is 0.0769. The number of carbonyl (C=O) groups excluding carboxylic acids is 1. The van der Waals surface area contributed by atoms with Crippen LogP contribution in [0.2, 0.25) is 5.15 Å². The van der Waals surface area contributed by atoms with E-state index in [1.807, 2.05) is 0 Å². The van der Waals surface area contributed by atoms with Crippen LogP contribution in [-0.4, -0.2) is 18.0 Å². The van der Waals surface area contributed by atoms with Crippen LogP contribution in [0.25, 0.3) is 0 Å². The topological polar surface area (TPSA) is 51.2 Å². The van der Waals surface area contributed by atoms with Crippen molar-refractivity contribution in [3.63, 3.8) is 0 Å². The second kappa shape index (κ2) is 5.83. The molecule has 20 heavy (non-hydrogen) atoms. The normalized spacial score (nSPS) is 10.2. The third-order valence-electron chi connectivity index (χ3n) is 2.44. The van der Waals surface area contributed by atoms with Gasteiger partial charge in [-0.1, -0.05) is 17.7 Å². The van der Waals surface area contributed by atoms with Crippen molar-refractivity contribution in [2.75, 3.05) is 12.4 Å². The van der Waals surface area contributed by atoms with E-state index in [0.29, 0.717) is 0 Å². The Labute approximate surface area is 118 Å². The van der Waals surface area contributed by atoms with Gasteiger partial charge in [0.25, 0.3) is 5.91 Å². The Morgan fingerprint density at radius 1 is 1.30 bits per heavy atom. The van der Waals surface area contributed by atoms with Crippen molar-refractivity contribution in [3.05, 3.63) is 52.7 Å². The van der Waals surface area contributed by atoms with E-state index in [4.69, 9.17) is 16.3 Å².